The maximum atomic E-state index is 12.4. The Bertz CT molecular complexity index is 954. The van der Waals surface area contributed by atoms with Crippen molar-refractivity contribution in [1.82, 2.24) is 29.1 Å². The summed E-state index contributed by atoms with van der Waals surface area (Å²) in [6, 6.07) is 7.21. The molecule has 0 aliphatic carbocycles. The van der Waals surface area contributed by atoms with Crippen molar-refractivity contribution in [3.05, 3.63) is 53.2 Å². The van der Waals surface area contributed by atoms with E-state index in [9.17, 15) is 9.59 Å². The van der Waals surface area contributed by atoms with Crippen molar-refractivity contribution >= 4 is 11.6 Å². The fourth-order valence-corrected chi connectivity index (χ4v) is 3.10. The number of nitrogens with one attached hydrogen (secondary N) is 1. The molecule has 134 valence electrons. The average molecular weight is 353 g/mol. The van der Waals surface area contributed by atoms with Crippen molar-refractivity contribution in [2.75, 3.05) is 5.32 Å². The van der Waals surface area contributed by atoms with Gasteiger partial charge in [-0.05, 0) is 37.1 Å². The van der Waals surface area contributed by atoms with Crippen molar-refractivity contribution < 1.29 is 4.79 Å². The van der Waals surface area contributed by atoms with Gasteiger partial charge in [0.1, 0.15) is 25.0 Å². The second-order valence-electron chi connectivity index (χ2n) is 6.25. The number of rotatable bonds is 4. The van der Waals surface area contributed by atoms with E-state index in [-0.39, 0.29) is 18.1 Å². The van der Waals surface area contributed by atoms with E-state index in [0.717, 1.165) is 37.2 Å². The van der Waals surface area contributed by atoms with Crippen LogP contribution < -0.4 is 11.0 Å². The number of hydrogen-bond donors (Lipinski definition) is 1. The molecule has 4 rings (SSSR count). The molecule has 0 spiro atoms. The van der Waals surface area contributed by atoms with Crippen LogP contribution in [0.25, 0.3) is 5.69 Å². The molecule has 3 heterocycles. The second-order valence-corrected chi connectivity index (χ2v) is 6.25. The molecule has 0 atom stereocenters. The van der Waals surface area contributed by atoms with Crippen molar-refractivity contribution in [3.63, 3.8) is 0 Å². The number of carbonyl (C=O) groups is 1. The molecule has 2 aromatic heterocycles. The first-order valence-electron chi connectivity index (χ1n) is 8.62. The number of aromatic nitrogens is 6. The van der Waals surface area contributed by atoms with E-state index >= 15 is 0 Å². The standard InChI is InChI=1S/C17H19N7O2/c25-16(10-23-17(26)22-9-3-1-2-4-15(22)21-23)20-13-5-7-14(8-6-13)24-12-18-11-19-24/h5-8,11-12H,1-4,9-10H2,(H,20,25). The van der Waals surface area contributed by atoms with Gasteiger partial charge < -0.3 is 5.32 Å². The van der Waals surface area contributed by atoms with Gasteiger partial charge in [0.05, 0.1) is 5.69 Å². The second kappa shape index (κ2) is 6.95. The summed E-state index contributed by atoms with van der Waals surface area (Å²) in [4.78, 5) is 28.6. The lowest BCUT2D eigenvalue weighted by molar-refractivity contribution is -0.117. The lowest BCUT2D eigenvalue weighted by Gasteiger charge is -2.06. The fraction of sp³-hybridized carbons (Fsp3) is 0.353. The van der Waals surface area contributed by atoms with Crippen molar-refractivity contribution in [2.24, 2.45) is 0 Å². The van der Waals surface area contributed by atoms with Gasteiger partial charge in [-0.2, -0.15) is 10.2 Å². The van der Waals surface area contributed by atoms with Crippen LogP contribution in [0, 0.1) is 0 Å². The number of nitrogens with zero attached hydrogens (tertiary/aromatic N) is 6. The van der Waals surface area contributed by atoms with Crippen LogP contribution in [0.5, 0.6) is 0 Å². The molecule has 26 heavy (non-hydrogen) atoms. The summed E-state index contributed by atoms with van der Waals surface area (Å²) in [7, 11) is 0. The summed E-state index contributed by atoms with van der Waals surface area (Å²) >= 11 is 0. The van der Waals surface area contributed by atoms with Gasteiger partial charge in [0.25, 0.3) is 0 Å². The zero-order chi connectivity index (χ0) is 17.9. The minimum Gasteiger partial charge on any atom is -0.324 e. The van der Waals surface area contributed by atoms with Crippen LogP contribution in [0.15, 0.2) is 41.7 Å². The molecule has 1 N–H and O–H groups in total. The number of aryl methyl sites for hydroxylation is 1. The smallest absolute Gasteiger partial charge is 0.324 e. The largest absolute Gasteiger partial charge is 0.346 e. The normalized spacial score (nSPS) is 13.8. The Morgan fingerprint density at radius 1 is 1.15 bits per heavy atom. The molecule has 0 radical (unpaired) electrons. The van der Waals surface area contributed by atoms with Crippen LogP contribution in [-0.4, -0.2) is 35.0 Å². The molecular formula is C17H19N7O2. The molecule has 9 nitrogen and oxygen atoms in total. The Morgan fingerprint density at radius 2 is 2.00 bits per heavy atom. The fourth-order valence-electron chi connectivity index (χ4n) is 3.10. The molecule has 1 amide bonds. The SMILES string of the molecule is O=C(Cn1nc2n(c1=O)CCCCC2)Nc1ccc(-n2cncn2)cc1. The summed E-state index contributed by atoms with van der Waals surface area (Å²) in [6.07, 6.45) is 6.95. The van der Waals surface area contributed by atoms with E-state index < -0.39 is 0 Å². The monoisotopic (exact) mass is 353 g/mol. The maximum absolute atomic E-state index is 12.4. The van der Waals surface area contributed by atoms with Crippen LogP contribution in [-0.2, 0) is 24.3 Å². The van der Waals surface area contributed by atoms with Crippen LogP contribution in [0.2, 0.25) is 0 Å². The summed E-state index contributed by atoms with van der Waals surface area (Å²) in [5.74, 6) is 0.492. The summed E-state index contributed by atoms with van der Waals surface area (Å²) in [6.45, 7) is 0.587. The summed E-state index contributed by atoms with van der Waals surface area (Å²) in [5.41, 5.74) is 1.28. The number of fused-ring (bicyclic) bond motifs is 1. The highest BCUT2D eigenvalue weighted by Crippen LogP contribution is 2.13. The topological polar surface area (TPSA) is 99.6 Å². The van der Waals surface area contributed by atoms with E-state index in [4.69, 9.17) is 0 Å². The van der Waals surface area contributed by atoms with Gasteiger partial charge in [-0.25, -0.2) is 19.1 Å². The Morgan fingerprint density at radius 3 is 2.77 bits per heavy atom. The van der Waals surface area contributed by atoms with E-state index in [1.807, 2.05) is 12.1 Å². The maximum Gasteiger partial charge on any atom is 0.346 e. The zero-order valence-electron chi connectivity index (χ0n) is 14.2. The lowest BCUT2D eigenvalue weighted by Crippen LogP contribution is -2.30. The van der Waals surface area contributed by atoms with Crippen LogP contribution in [0.3, 0.4) is 0 Å². The molecule has 3 aromatic rings. The predicted molar refractivity (Wildman–Crippen MR) is 94.0 cm³/mol. The molecule has 0 fully saturated rings. The van der Waals surface area contributed by atoms with Gasteiger partial charge in [0.15, 0.2) is 0 Å². The minimum absolute atomic E-state index is 0.0936. The number of amides is 1. The predicted octanol–water partition coefficient (Wildman–Crippen LogP) is 0.991. The molecule has 9 heteroatoms. The van der Waals surface area contributed by atoms with E-state index in [0.29, 0.717) is 12.2 Å². The van der Waals surface area contributed by atoms with Gasteiger partial charge in [-0.1, -0.05) is 6.42 Å². The molecule has 0 bridgehead atoms. The third-order valence-electron chi connectivity index (χ3n) is 4.41. The highest BCUT2D eigenvalue weighted by Gasteiger charge is 2.17. The summed E-state index contributed by atoms with van der Waals surface area (Å²) < 4.78 is 4.57. The molecule has 1 aromatic carbocycles. The van der Waals surface area contributed by atoms with Crippen LogP contribution in [0.1, 0.15) is 25.1 Å². The van der Waals surface area contributed by atoms with Crippen molar-refractivity contribution in [3.8, 4) is 5.69 Å². The number of anilines is 1. The van der Waals surface area contributed by atoms with E-state index in [1.54, 1.807) is 27.7 Å². The first kappa shape index (κ1) is 16.2. The molecule has 0 saturated carbocycles. The van der Waals surface area contributed by atoms with Gasteiger partial charge in [0.2, 0.25) is 5.91 Å². The Hall–Kier alpha value is -3.23. The molecule has 1 aliphatic heterocycles. The third-order valence-corrected chi connectivity index (χ3v) is 4.41. The van der Waals surface area contributed by atoms with Crippen molar-refractivity contribution in [2.45, 2.75) is 38.8 Å². The van der Waals surface area contributed by atoms with Gasteiger partial charge >= 0.3 is 5.69 Å². The Balaban J connectivity index is 1.44. The molecular weight excluding hydrogens is 334 g/mol. The average Bonchev–Trinajstić information content (AvgIpc) is 3.19. The number of hydrogen-bond acceptors (Lipinski definition) is 5. The van der Waals surface area contributed by atoms with Gasteiger partial charge in [-0.15, -0.1) is 0 Å². The third kappa shape index (κ3) is 3.28. The molecule has 0 unspecified atom stereocenters. The van der Waals surface area contributed by atoms with Gasteiger partial charge in [-0.3, -0.25) is 9.36 Å². The van der Waals surface area contributed by atoms with E-state index in [2.05, 4.69) is 20.5 Å². The van der Waals surface area contributed by atoms with Crippen LogP contribution in [0.4, 0.5) is 5.69 Å². The lowest BCUT2D eigenvalue weighted by atomic mass is 10.2. The van der Waals surface area contributed by atoms with Crippen LogP contribution >= 0.6 is 0 Å². The molecule has 0 saturated heterocycles. The highest BCUT2D eigenvalue weighted by molar-refractivity contribution is 5.90. The van der Waals surface area contributed by atoms with Gasteiger partial charge in [0, 0.05) is 18.7 Å². The number of benzene rings is 1. The van der Waals surface area contributed by atoms with E-state index in [1.165, 1.54) is 11.0 Å². The number of carbonyl (C=O) groups excluding carboxylic acids is 1. The van der Waals surface area contributed by atoms with Crippen molar-refractivity contribution in [1.29, 1.82) is 0 Å². The quantitative estimate of drug-likeness (QED) is 0.754. The first-order valence-corrected chi connectivity index (χ1v) is 8.62. The highest BCUT2D eigenvalue weighted by atomic mass is 16.2. The summed E-state index contributed by atoms with van der Waals surface area (Å²) in [5, 5.41) is 11.2. The zero-order valence-corrected chi connectivity index (χ0v) is 14.2. The first-order chi connectivity index (χ1) is 12.7. The Labute approximate surface area is 149 Å². The molecule has 1 aliphatic rings. The minimum atomic E-state index is -0.283. The Kier molecular flexibility index (Phi) is 4.34.